The number of halogens is 3. The first-order valence-electron chi connectivity index (χ1n) is 5.55. The molecule has 0 spiro atoms. The van der Waals surface area contributed by atoms with Gasteiger partial charge in [-0.3, -0.25) is 0 Å². The Morgan fingerprint density at radius 2 is 2.00 bits per heavy atom. The second-order valence-electron chi connectivity index (χ2n) is 4.34. The minimum Gasteiger partial charge on any atom is -0.207 e. The normalized spacial score (nSPS) is 14.9. The molecule has 0 N–H and O–H groups in total. The predicted molar refractivity (Wildman–Crippen MR) is 68.8 cm³/mol. The molecule has 0 aliphatic rings. The lowest BCUT2D eigenvalue weighted by atomic mass is 9.97. The fourth-order valence-electron chi connectivity index (χ4n) is 1.57. The highest BCUT2D eigenvalue weighted by Crippen LogP contribution is 2.34. The van der Waals surface area contributed by atoms with Crippen LogP contribution < -0.4 is 0 Å². The monoisotopic (exact) mass is 262 g/mol. The third kappa shape index (κ3) is 3.36. The van der Waals surface area contributed by atoms with E-state index in [0.29, 0.717) is 16.5 Å². The predicted octanol–water partition coefficient (Wildman–Crippen LogP) is 5.50. The zero-order valence-corrected chi connectivity index (χ0v) is 11.4. The summed E-state index contributed by atoms with van der Waals surface area (Å²) >= 11 is 12.3. The highest BCUT2D eigenvalue weighted by Gasteiger charge is 2.16. The molecule has 0 saturated heterocycles. The van der Waals surface area contributed by atoms with Crippen LogP contribution in [0.1, 0.15) is 43.2 Å². The number of aryl methyl sites for hydroxylation is 1. The molecule has 0 heterocycles. The van der Waals surface area contributed by atoms with Crippen molar-refractivity contribution in [1.29, 1.82) is 0 Å². The lowest BCUT2D eigenvalue weighted by Gasteiger charge is -2.16. The molecule has 1 aromatic rings. The maximum atomic E-state index is 13.2. The summed E-state index contributed by atoms with van der Waals surface area (Å²) in [6, 6.07) is 3.09. The van der Waals surface area contributed by atoms with Crippen LogP contribution in [0, 0.1) is 18.7 Å². The summed E-state index contributed by atoms with van der Waals surface area (Å²) in [5.41, 5.74) is 1.43. The number of hydrogen-bond donors (Lipinski definition) is 0. The lowest BCUT2D eigenvalue weighted by Crippen LogP contribution is -2.01. The van der Waals surface area contributed by atoms with E-state index in [1.54, 1.807) is 13.0 Å². The Morgan fingerprint density at radius 1 is 1.38 bits per heavy atom. The Balaban J connectivity index is 2.91. The number of alkyl halides is 1. The van der Waals surface area contributed by atoms with Crippen LogP contribution in [0.15, 0.2) is 12.1 Å². The van der Waals surface area contributed by atoms with Crippen LogP contribution in [-0.4, -0.2) is 0 Å². The van der Waals surface area contributed by atoms with E-state index in [1.807, 2.05) is 0 Å². The third-order valence-electron chi connectivity index (χ3n) is 2.92. The van der Waals surface area contributed by atoms with Gasteiger partial charge >= 0.3 is 0 Å². The summed E-state index contributed by atoms with van der Waals surface area (Å²) in [5.74, 6) is 0.269. The number of rotatable bonds is 4. The molecular formula is C13H17Cl2F. The van der Waals surface area contributed by atoms with E-state index in [-0.39, 0.29) is 11.2 Å². The molecule has 0 aliphatic carbocycles. The number of hydrogen-bond acceptors (Lipinski definition) is 0. The van der Waals surface area contributed by atoms with Gasteiger partial charge in [-0.1, -0.05) is 37.9 Å². The van der Waals surface area contributed by atoms with Gasteiger partial charge in [0.2, 0.25) is 0 Å². The summed E-state index contributed by atoms with van der Waals surface area (Å²) in [6.45, 7) is 6.01. The zero-order valence-electron chi connectivity index (χ0n) is 9.86. The van der Waals surface area contributed by atoms with E-state index in [2.05, 4.69) is 13.8 Å². The minimum atomic E-state index is -0.277. The van der Waals surface area contributed by atoms with E-state index in [4.69, 9.17) is 23.2 Å². The van der Waals surface area contributed by atoms with Crippen LogP contribution in [0.25, 0.3) is 0 Å². The topological polar surface area (TPSA) is 0 Å². The standard InChI is InChI=1S/C13H17Cl2F/c1-4-8(2)5-11(14)10-6-9(3)13(16)7-12(10)15/h6-8,11H,4-5H2,1-3H3. The molecular weight excluding hydrogens is 246 g/mol. The van der Waals surface area contributed by atoms with Crippen molar-refractivity contribution in [3.8, 4) is 0 Å². The molecule has 0 nitrogen and oxygen atoms in total. The van der Waals surface area contributed by atoms with Crippen LogP contribution in [-0.2, 0) is 0 Å². The van der Waals surface area contributed by atoms with Gasteiger partial charge in [-0.2, -0.15) is 0 Å². The Bertz CT molecular complexity index is 363. The van der Waals surface area contributed by atoms with E-state index < -0.39 is 0 Å². The summed E-state index contributed by atoms with van der Waals surface area (Å²) in [7, 11) is 0. The maximum absolute atomic E-state index is 13.2. The van der Waals surface area contributed by atoms with Crippen LogP contribution >= 0.6 is 23.2 Å². The summed E-state index contributed by atoms with van der Waals surface area (Å²) in [4.78, 5) is 0. The molecule has 1 aromatic carbocycles. The molecule has 16 heavy (non-hydrogen) atoms. The van der Waals surface area contributed by atoms with Crippen molar-refractivity contribution in [2.75, 3.05) is 0 Å². The van der Waals surface area contributed by atoms with E-state index in [1.165, 1.54) is 6.07 Å². The second kappa shape index (κ2) is 5.88. The average Bonchev–Trinajstić information content (AvgIpc) is 2.23. The van der Waals surface area contributed by atoms with Gasteiger partial charge in [0.1, 0.15) is 5.82 Å². The molecule has 0 amide bonds. The quantitative estimate of drug-likeness (QED) is 0.629. The van der Waals surface area contributed by atoms with Gasteiger partial charge < -0.3 is 0 Å². The van der Waals surface area contributed by atoms with Crippen molar-refractivity contribution in [2.24, 2.45) is 5.92 Å². The molecule has 0 radical (unpaired) electrons. The molecule has 0 aromatic heterocycles. The zero-order chi connectivity index (χ0) is 12.3. The molecule has 0 saturated carbocycles. The first-order valence-corrected chi connectivity index (χ1v) is 6.36. The Morgan fingerprint density at radius 3 is 2.56 bits per heavy atom. The van der Waals surface area contributed by atoms with Crippen molar-refractivity contribution in [3.63, 3.8) is 0 Å². The van der Waals surface area contributed by atoms with Crippen molar-refractivity contribution in [3.05, 3.63) is 34.1 Å². The fraction of sp³-hybridized carbons (Fsp3) is 0.538. The Hall–Kier alpha value is -0.270. The van der Waals surface area contributed by atoms with Crippen LogP contribution in [0.4, 0.5) is 4.39 Å². The fourth-order valence-corrected chi connectivity index (χ4v) is 2.39. The van der Waals surface area contributed by atoms with Crippen LogP contribution in [0.2, 0.25) is 5.02 Å². The summed E-state index contributed by atoms with van der Waals surface area (Å²) in [6.07, 6.45) is 1.95. The van der Waals surface area contributed by atoms with E-state index in [0.717, 1.165) is 18.4 Å². The highest BCUT2D eigenvalue weighted by molar-refractivity contribution is 6.32. The minimum absolute atomic E-state index is 0.137. The lowest BCUT2D eigenvalue weighted by molar-refractivity contribution is 0.507. The van der Waals surface area contributed by atoms with Gasteiger partial charge in [0, 0.05) is 5.02 Å². The smallest absolute Gasteiger partial charge is 0.127 e. The average molecular weight is 263 g/mol. The van der Waals surface area contributed by atoms with Gasteiger partial charge in [0.05, 0.1) is 5.38 Å². The van der Waals surface area contributed by atoms with Gasteiger partial charge in [-0.05, 0) is 36.5 Å². The van der Waals surface area contributed by atoms with Gasteiger partial charge in [0.15, 0.2) is 0 Å². The van der Waals surface area contributed by atoms with E-state index >= 15 is 0 Å². The van der Waals surface area contributed by atoms with Crippen LogP contribution in [0.5, 0.6) is 0 Å². The van der Waals surface area contributed by atoms with Gasteiger partial charge in [-0.15, -0.1) is 11.6 Å². The van der Waals surface area contributed by atoms with Crippen molar-refractivity contribution in [1.82, 2.24) is 0 Å². The third-order valence-corrected chi connectivity index (χ3v) is 3.66. The number of benzene rings is 1. The molecule has 1 rings (SSSR count). The first kappa shape index (κ1) is 13.8. The van der Waals surface area contributed by atoms with Gasteiger partial charge in [-0.25, -0.2) is 4.39 Å². The van der Waals surface area contributed by atoms with E-state index in [9.17, 15) is 4.39 Å². The summed E-state index contributed by atoms with van der Waals surface area (Å²) < 4.78 is 13.2. The molecule has 0 aliphatic heterocycles. The second-order valence-corrected chi connectivity index (χ2v) is 5.27. The van der Waals surface area contributed by atoms with Crippen molar-refractivity contribution in [2.45, 2.75) is 39.0 Å². The SMILES string of the molecule is CCC(C)CC(Cl)c1cc(C)c(F)cc1Cl. The molecule has 0 bridgehead atoms. The molecule has 0 fully saturated rings. The Kier molecular flexibility index (Phi) is 5.07. The molecule has 90 valence electrons. The van der Waals surface area contributed by atoms with Gasteiger partial charge in [0.25, 0.3) is 0 Å². The summed E-state index contributed by atoms with van der Waals surface area (Å²) in [5, 5.41) is 0.285. The van der Waals surface area contributed by atoms with Crippen molar-refractivity contribution < 1.29 is 4.39 Å². The van der Waals surface area contributed by atoms with Crippen molar-refractivity contribution >= 4 is 23.2 Å². The first-order chi connectivity index (χ1) is 7.45. The largest absolute Gasteiger partial charge is 0.207 e. The Labute approximate surface area is 107 Å². The molecule has 2 unspecified atom stereocenters. The highest BCUT2D eigenvalue weighted by atomic mass is 35.5. The molecule has 3 heteroatoms. The van der Waals surface area contributed by atoms with Crippen LogP contribution in [0.3, 0.4) is 0 Å². The molecule has 2 atom stereocenters. The maximum Gasteiger partial charge on any atom is 0.127 e.